The van der Waals surface area contributed by atoms with E-state index < -0.39 is 0 Å². The molecule has 0 heterocycles. The van der Waals surface area contributed by atoms with Gasteiger partial charge >= 0.3 is 0 Å². The summed E-state index contributed by atoms with van der Waals surface area (Å²) in [5, 5.41) is 10.2. The molecule has 0 saturated heterocycles. The van der Waals surface area contributed by atoms with E-state index in [-0.39, 0.29) is 6.10 Å². The van der Waals surface area contributed by atoms with Crippen molar-refractivity contribution in [1.29, 1.82) is 0 Å². The van der Waals surface area contributed by atoms with Gasteiger partial charge in [0.25, 0.3) is 0 Å². The Bertz CT molecular complexity index is 240. The van der Waals surface area contributed by atoms with Gasteiger partial charge in [0.15, 0.2) is 0 Å². The van der Waals surface area contributed by atoms with Crippen molar-refractivity contribution in [2.75, 3.05) is 0 Å². The summed E-state index contributed by atoms with van der Waals surface area (Å²) in [5.74, 6) is 2.56. The monoisotopic (exact) mass is 280 g/mol. The average molecular weight is 280 g/mol. The van der Waals surface area contributed by atoms with E-state index in [1.54, 1.807) is 0 Å². The Balaban J connectivity index is 1.34. The molecule has 20 heavy (non-hydrogen) atoms. The van der Waals surface area contributed by atoms with Gasteiger partial charge < -0.3 is 5.11 Å². The van der Waals surface area contributed by atoms with E-state index in [4.69, 9.17) is 0 Å². The highest BCUT2D eigenvalue weighted by molar-refractivity contribution is 5.03. The molecule has 118 valence electrons. The van der Waals surface area contributed by atoms with Gasteiger partial charge in [-0.25, -0.2) is 0 Å². The van der Waals surface area contributed by atoms with Crippen LogP contribution in [0.4, 0.5) is 0 Å². The summed E-state index contributed by atoms with van der Waals surface area (Å²) in [6.45, 7) is 2.28. The lowest BCUT2D eigenvalue weighted by Crippen LogP contribution is -2.12. The van der Waals surface area contributed by atoms with Crippen LogP contribution in [-0.4, -0.2) is 11.2 Å². The van der Waals surface area contributed by atoms with E-state index in [1.165, 1.54) is 83.5 Å². The Morgan fingerprint density at radius 3 is 1.85 bits per heavy atom. The van der Waals surface area contributed by atoms with Crippen molar-refractivity contribution in [2.24, 2.45) is 17.8 Å². The van der Waals surface area contributed by atoms with Crippen LogP contribution in [0.2, 0.25) is 0 Å². The molecule has 0 amide bonds. The lowest BCUT2D eigenvalue weighted by atomic mass is 10.00. The molecule has 2 saturated carbocycles. The van der Waals surface area contributed by atoms with Crippen molar-refractivity contribution in [3.8, 4) is 0 Å². The van der Waals surface area contributed by atoms with Crippen molar-refractivity contribution >= 4 is 0 Å². The van der Waals surface area contributed by atoms with E-state index in [0.717, 1.165) is 18.3 Å². The SMILES string of the molecule is CCCCCCCCCCCCC(O)C1C2CCCC21. The van der Waals surface area contributed by atoms with Gasteiger partial charge in [0.05, 0.1) is 6.10 Å². The summed E-state index contributed by atoms with van der Waals surface area (Å²) < 4.78 is 0. The van der Waals surface area contributed by atoms with Crippen LogP contribution in [0, 0.1) is 17.8 Å². The first-order valence-electron chi connectivity index (χ1n) is 9.52. The zero-order valence-corrected chi connectivity index (χ0v) is 13.7. The van der Waals surface area contributed by atoms with E-state index in [9.17, 15) is 5.11 Å². The first-order valence-corrected chi connectivity index (χ1v) is 9.52. The number of hydrogen-bond acceptors (Lipinski definition) is 1. The summed E-state index contributed by atoms with van der Waals surface area (Å²) in [6, 6.07) is 0. The second-order valence-electron chi connectivity index (χ2n) is 7.37. The third-order valence-electron chi connectivity index (χ3n) is 5.77. The standard InChI is InChI=1S/C19H36O/c1-2-3-4-5-6-7-8-9-10-11-15-18(20)19-16-13-12-14-17(16)19/h16-20H,2-15H2,1H3. The molecule has 0 spiro atoms. The van der Waals surface area contributed by atoms with Gasteiger partial charge in [0.2, 0.25) is 0 Å². The summed E-state index contributed by atoms with van der Waals surface area (Å²) in [6.07, 6.45) is 19.3. The first-order chi connectivity index (χ1) is 9.84. The van der Waals surface area contributed by atoms with Crippen molar-refractivity contribution < 1.29 is 5.11 Å². The van der Waals surface area contributed by atoms with Gasteiger partial charge in [-0.2, -0.15) is 0 Å². The largest absolute Gasteiger partial charge is 0.393 e. The quantitative estimate of drug-likeness (QED) is 0.454. The molecule has 3 atom stereocenters. The number of fused-ring (bicyclic) bond motifs is 1. The predicted molar refractivity (Wildman–Crippen MR) is 86.8 cm³/mol. The molecule has 2 rings (SSSR count). The van der Waals surface area contributed by atoms with Crippen LogP contribution < -0.4 is 0 Å². The molecular formula is C19H36O. The van der Waals surface area contributed by atoms with Gasteiger partial charge in [-0.3, -0.25) is 0 Å². The van der Waals surface area contributed by atoms with Gasteiger partial charge in [0.1, 0.15) is 0 Å². The number of unbranched alkanes of at least 4 members (excludes halogenated alkanes) is 9. The lowest BCUT2D eigenvalue weighted by molar-refractivity contribution is 0.123. The average Bonchev–Trinajstić information content (AvgIpc) is 2.94. The highest BCUT2D eigenvalue weighted by Crippen LogP contribution is 2.59. The van der Waals surface area contributed by atoms with Crippen LogP contribution in [0.15, 0.2) is 0 Å². The smallest absolute Gasteiger partial charge is 0.0573 e. The summed E-state index contributed by atoms with van der Waals surface area (Å²) in [4.78, 5) is 0. The fourth-order valence-electron chi connectivity index (χ4n) is 4.48. The molecule has 0 aromatic heterocycles. The van der Waals surface area contributed by atoms with E-state index in [1.807, 2.05) is 0 Å². The minimum absolute atomic E-state index is 0.0411. The normalized spacial score (nSPS) is 29.4. The molecule has 0 radical (unpaired) electrons. The number of aliphatic hydroxyl groups is 1. The molecule has 2 fully saturated rings. The second-order valence-corrected chi connectivity index (χ2v) is 7.37. The highest BCUT2D eigenvalue weighted by atomic mass is 16.3. The zero-order chi connectivity index (χ0) is 14.2. The van der Waals surface area contributed by atoms with E-state index in [0.29, 0.717) is 5.92 Å². The molecular weight excluding hydrogens is 244 g/mol. The van der Waals surface area contributed by atoms with Gasteiger partial charge in [-0.05, 0) is 37.0 Å². The van der Waals surface area contributed by atoms with Crippen molar-refractivity contribution in [3.63, 3.8) is 0 Å². The summed E-state index contributed by atoms with van der Waals surface area (Å²) >= 11 is 0. The molecule has 0 bridgehead atoms. The minimum atomic E-state index is 0.0411. The molecule has 1 heteroatoms. The highest BCUT2D eigenvalue weighted by Gasteiger charge is 2.55. The van der Waals surface area contributed by atoms with Crippen LogP contribution in [-0.2, 0) is 0 Å². The van der Waals surface area contributed by atoms with Crippen LogP contribution in [0.3, 0.4) is 0 Å². The Hall–Kier alpha value is -0.0400. The number of hydrogen-bond donors (Lipinski definition) is 1. The third-order valence-corrected chi connectivity index (χ3v) is 5.77. The maximum Gasteiger partial charge on any atom is 0.0573 e. The molecule has 1 N–H and O–H groups in total. The molecule has 2 aliphatic rings. The Morgan fingerprint density at radius 1 is 0.800 bits per heavy atom. The lowest BCUT2D eigenvalue weighted by Gasteiger charge is -2.12. The fourth-order valence-corrected chi connectivity index (χ4v) is 4.48. The second kappa shape index (κ2) is 9.07. The van der Waals surface area contributed by atoms with Crippen molar-refractivity contribution in [3.05, 3.63) is 0 Å². The summed E-state index contributed by atoms with van der Waals surface area (Å²) in [5.41, 5.74) is 0. The molecule has 0 aromatic rings. The van der Waals surface area contributed by atoms with Crippen LogP contribution in [0.1, 0.15) is 96.8 Å². The Labute approximate surface area is 126 Å². The topological polar surface area (TPSA) is 20.2 Å². The molecule has 2 aliphatic carbocycles. The van der Waals surface area contributed by atoms with Crippen LogP contribution >= 0.6 is 0 Å². The van der Waals surface area contributed by atoms with E-state index in [2.05, 4.69) is 6.92 Å². The molecule has 0 aliphatic heterocycles. The Morgan fingerprint density at radius 2 is 1.30 bits per heavy atom. The van der Waals surface area contributed by atoms with E-state index >= 15 is 0 Å². The van der Waals surface area contributed by atoms with Crippen molar-refractivity contribution in [2.45, 2.75) is 103 Å². The maximum atomic E-state index is 10.2. The predicted octanol–water partition coefficient (Wildman–Crippen LogP) is 5.70. The van der Waals surface area contributed by atoms with Gasteiger partial charge in [-0.15, -0.1) is 0 Å². The maximum absolute atomic E-state index is 10.2. The Kier molecular flexibility index (Phi) is 7.41. The first kappa shape index (κ1) is 16.3. The molecule has 1 nitrogen and oxygen atoms in total. The van der Waals surface area contributed by atoms with Crippen LogP contribution in [0.25, 0.3) is 0 Å². The third kappa shape index (κ3) is 5.06. The van der Waals surface area contributed by atoms with Gasteiger partial charge in [0, 0.05) is 0 Å². The fraction of sp³-hybridized carbons (Fsp3) is 1.00. The van der Waals surface area contributed by atoms with Crippen molar-refractivity contribution in [1.82, 2.24) is 0 Å². The minimum Gasteiger partial charge on any atom is -0.393 e. The summed E-state index contributed by atoms with van der Waals surface area (Å²) in [7, 11) is 0. The van der Waals surface area contributed by atoms with Crippen LogP contribution in [0.5, 0.6) is 0 Å². The molecule has 0 aromatic carbocycles. The zero-order valence-electron chi connectivity index (χ0n) is 13.7. The van der Waals surface area contributed by atoms with Gasteiger partial charge in [-0.1, -0.05) is 77.6 Å². The molecule has 3 unspecified atom stereocenters. The number of aliphatic hydroxyl groups excluding tert-OH is 1. The number of rotatable bonds is 12.